The van der Waals surface area contributed by atoms with Crippen LogP contribution in [-0.4, -0.2) is 72.9 Å². The van der Waals surface area contributed by atoms with Crippen LogP contribution in [0.1, 0.15) is 215 Å². The van der Waals surface area contributed by atoms with Gasteiger partial charge in [-0.2, -0.15) is 0 Å². The Morgan fingerprint density at radius 3 is 1.57 bits per heavy atom. The maximum Gasteiger partial charge on any atom is 0.408 e. The number of hydroxylamine groups is 2. The number of carbonyl (C=O) groups excluding carboxylic acids is 2. The van der Waals surface area contributed by atoms with E-state index < -0.39 is 17.7 Å². The highest BCUT2D eigenvalue weighted by Crippen LogP contribution is 2.14. The summed E-state index contributed by atoms with van der Waals surface area (Å²) in [7, 11) is 0. The van der Waals surface area contributed by atoms with E-state index >= 15 is 0 Å². The highest BCUT2D eigenvalue weighted by Gasteiger charge is 2.25. The van der Waals surface area contributed by atoms with Crippen molar-refractivity contribution in [2.24, 2.45) is 0 Å². The molecule has 2 atom stereocenters. The summed E-state index contributed by atoms with van der Waals surface area (Å²) in [6, 6.07) is -0.807. The number of carbonyl (C=O) groups is 2. The van der Waals surface area contributed by atoms with E-state index in [-0.39, 0.29) is 12.0 Å². The molecule has 0 fully saturated rings. The van der Waals surface area contributed by atoms with Crippen molar-refractivity contribution in [3.05, 3.63) is 11.8 Å². The van der Waals surface area contributed by atoms with Crippen molar-refractivity contribution in [2.75, 3.05) is 32.9 Å². The summed E-state index contributed by atoms with van der Waals surface area (Å²) in [6.07, 6.45) is 32.9. The molecule has 54 heavy (non-hydrogen) atoms. The Kier molecular flexibility index (Phi) is 35.5. The average molecular weight is 768 g/mol. The van der Waals surface area contributed by atoms with Gasteiger partial charge < -0.3 is 24.8 Å². The van der Waals surface area contributed by atoms with Crippen molar-refractivity contribution in [2.45, 2.75) is 233 Å². The molecule has 0 aromatic rings. The lowest BCUT2D eigenvalue weighted by molar-refractivity contribution is -0.124. The van der Waals surface area contributed by atoms with E-state index in [1.165, 1.54) is 135 Å². The van der Waals surface area contributed by atoms with Crippen LogP contribution in [0, 0.1) is 0 Å². The second-order valence-electron chi connectivity index (χ2n) is 16.5. The van der Waals surface area contributed by atoms with Gasteiger partial charge in [0.2, 0.25) is 5.91 Å². The van der Waals surface area contributed by atoms with Crippen LogP contribution in [0.15, 0.2) is 11.8 Å². The zero-order valence-electron chi connectivity index (χ0n) is 36.6. The highest BCUT2D eigenvalue weighted by atomic mass is 16.6. The van der Waals surface area contributed by atoms with Crippen molar-refractivity contribution in [1.29, 1.82) is 0 Å². The molecule has 0 aliphatic rings. The first-order chi connectivity index (χ1) is 26.0. The molecule has 2 unspecified atom stereocenters. The minimum atomic E-state index is -0.807. The van der Waals surface area contributed by atoms with Gasteiger partial charge in [0.05, 0.1) is 12.7 Å². The molecule has 2 amide bonds. The number of ether oxygens (including phenoxy) is 3. The Balaban J connectivity index is 4.84. The molecule has 9 nitrogen and oxygen atoms in total. The summed E-state index contributed by atoms with van der Waals surface area (Å²) in [5.74, 6) is -0.298. The molecular weight excluding hydrogens is 679 g/mol. The van der Waals surface area contributed by atoms with Gasteiger partial charge in [0.25, 0.3) is 0 Å². The second kappa shape index (κ2) is 36.8. The number of nitrogens with one attached hydrogen (secondary N) is 2. The SMILES string of the molecule is C/C=C(/C)N(O)CCCC(NC(=O)OC(C)(C)C)C(=O)NCC(COCCCCCCCCCCCCCC)OCCCCCCCCCCCCCC. The minimum Gasteiger partial charge on any atom is -0.444 e. The lowest BCUT2D eigenvalue weighted by atomic mass is 10.1. The summed E-state index contributed by atoms with van der Waals surface area (Å²) in [4.78, 5) is 26.1. The van der Waals surface area contributed by atoms with Gasteiger partial charge in [-0.05, 0) is 60.3 Å². The average Bonchev–Trinajstić information content (AvgIpc) is 3.13. The predicted octanol–water partition coefficient (Wildman–Crippen LogP) is 12.2. The molecule has 0 saturated heterocycles. The molecule has 0 aliphatic heterocycles. The smallest absolute Gasteiger partial charge is 0.408 e. The number of rotatable bonds is 38. The van der Waals surface area contributed by atoms with Crippen molar-refractivity contribution >= 4 is 12.0 Å². The van der Waals surface area contributed by atoms with Gasteiger partial charge in [-0.3, -0.25) is 15.1 Å². The molecule has 0 aromatic carbocycles. The minimum absolute atomic E-state index is 0.272. The van der Waals surface area contributed by atoms with E-state index in [9.17, 15) is 14.8 Å². The van der Waals surface area contributed by atoms with Gasteiger partial charge in [0, 0.05) is 32.0 Å². The molecule has 0 aliphatic carbocycles. The third-order valence-electron chi connectivity index (χ3n) is 10.00. The van der Waals surface area contributed by atoms with Gasteiger partial charge in [-0.15, -0.1) is 0 Å². The van der Waals surface area contributed by atoms with E-state index in [1.807, 2.05) is 19.9 Å². The summed E-state index contributed by atoms with van der Waals surface area (Å²) in [5.41, 5.74) is 0.0427. The third kappa shape index (κ3) is 34.6. The van der Waals surface area contributed by atoms with Crippen LogP contribution in [0.5, 0.6) is 0 Å². The van der Waals surface area contributed by atoms with Crippen LogP contribution in [0.25, 0.3) is 0 Å². The fourth-order valence-electron chi connectivity index (χ4n) is 6.45. The van der Waals surface area contributed by atoms with Crippen molar-refractivity contribution in [1.82, 2.24) is 15.7 Å². The Morgan fingerprint density at radius 1 is 0.685 bits per heavy atom. The molecule has 0 spiro atoms. The van der Waals surface area contributed by atoms with E-state index in [0.717, 1.165) is 30.0 Å². The van der Waals surface area contributed by atoms with Crippen LogP contribution in [-0.2, 0) is 19.0 Å². The molecule has 0 rings (SSSR count). The maximum atomic E-state index is 13.4. The fourth-order valence-corrected chi connectivity index (χ4v) is 6.45. The van der Waals surface area contributed by atoms with Gasteiger partial charge in [0.15, 0.2) is 0 Å². The van der Waals surface area contributed by atoms with Crippen LogP contribution in [0.2, 0.25) is 0 Å². The molecule has 0 radical (unpaired) electrons. The zero-order chi connectivity index (χ0) is 40.1. The number of alkyl carbamates (subject to hydrolysis) is 1. The maximum absolute atomic E-state index is 13.4. The summed E-state index contributed by atoms with van der Waals surface area (Å²) in [6.45, 7) is 16.0. The largest absolute Gasteiger partial charge is 0.444 e. The van der Waals surface area contributed by atoms with E-state index in [0.29, 0.717) is 45.8 Å². The van der Waals surface area contributed by atoms with Crippen LogP contribution in [0.4, 0.5) is 4.79 Å². The normalized spacial score (nSPS) is 13.1. The fraction of sp³-hybridized carbons (Fsp3) is 0.911. The predicted molar refractivity (Wildman–Crippen MR) is 226 cm³/mol. The Labute approximate surface area is 333 Å². The number of hydrogen-bond acceptors (Lipinski definition) is 7. The van der Waals surface area contributed by atoms with Crippen molar-refractivity contribution in [3.63, 3.8) is 0 Å². The number of hydrogen-bond donors (Lipinski definition) is 3. The molecule has 320 valence electrons. The molecule has 0 heterocycles. The van der Waals surface area contributed by atoms with Crippen LogP contribution >= 0.6 is 0 Å². The lowest BCUT2D eigenvalue weighted by Gasteiger charge is -2.25. The molecule has 0 saturated carbocycles. The first-order valence-corrected chi connectivity index (χ1v) is 22.6. The first-order valence-electron chi connectivity index (χ1n) is 22.6. The third-order valence-corrected chi connectivity index (χ3v) is 10.00. The van der Waals surface area contributed by atoms with Gasteiger partial charge in [-0.1, -0.05) is 161 Å². The number of unbranched alkanes of at least 4 members (excludes halogenated alkanes) is 22. The van der Waals surface area contributed by atoms with Crippen LogP contribution < -0.4 is 10.6 Å². The van der Waals surface area contributed by atoms with Crippen LogP contribution in [0.3, 0.4) is 0 Å². The Hall–Kier alpha value is -1.84. The summed E-state index contributed by atoms with van der Waals surface area (Å²) < 4.78 is 17.8. The molecule has 3 N–H and O–H groups in total. The quantitative estimate of drug-likeness (QED) is 0.0424. The van der Waals surface area contributed by atoms with E-state index in [2.05, 4.69) is 24.5 Å². The summed E-state index contributed by atoms with van der Waals surface area (Å²) in [5, 5.41) is 17.2. The standard InChI is InChI=1S/C45H89N3O6/c1-8-11-13-15-17-19-21-23-25-27-29-31-36-52-39-41(53-37-32-30-28-26-24-22-20-18-16-14-12-9-2)38-46-43(49)42(47-44(50)54-45(5,6)7)34-33-35-48(51)40(4)10-3/h10,41-42,51H,8-9,11-39H2,1-7H3,(H,46,49)(H,47,50)/b40-10-. The van der Waals surface area contributed by atoms with Gasteiger partial charge >= 0.3 is 6.09 Å². The Bertz CT molecular complexity index is 893. The highest BCUT2D eigenvalue weighted by molar-refractivity contribution is 5.85. The second-order valence-corrected chi connectivity index (χ2v) is 16.5. The molecule has 0 aromatic heterocycles. The van der Waals surface area contributed by atoms with Crippen molar-refractivity contribution < 1.29 is 29.0 Å². The van der Waals surface area contributed by atoms with Gasteiger partial charge in [-0.25, -0.2) is 4.79 Å². The first kappa shape index (κ1) is 52.2. The lowest BCUT2D eigenvalue weighted by Crippen LogP contribution is -2.50. The molecular formula is C45H89N3O6. The van der Waals surface area contributed by atoms with E-state index in [1.54, 1.807) is 20.8 Å². The molecule has 9 heteroatoms. The topological polar surface area (TPSA) is 109 Å². The van der Waals surface area contributed by atoms with E-state index in [4.69, 9.17) is 14.2 Å². The Morgan fingerprint density at radius 2 is 1.13 bits per heavy atom. The molecule has 0 bridgehead atoms. The van der Waals surface area contributed by atoms with Crippen molar-refractivity contribution in [3.8, 4) is 0 Å². The van der Waals surface area contributed by atoms with Gasteiger partial charge in [0.1, 0.15) is 11.6 Å². The monoisotopic (exact) mass is 768 g/mol. The number of amides is 2. The number of allylic oxidation sites excluding steroid dienone is 2. The summed E-state index contributed by atoms with van der Waals surface area (Å²) >= 11 is 0. The zero-order valence-corrected chi connectivity index (χ0v) is 36.6. The number of nitrogens with zero attached hydrogens (tertiary/aromatic N) is 1.